The van der Waals surface area contributed by atoms with Crippen molar-refractivity contribution in [1.82, 2.24) is 10.2 Å². The van der Waals surface area contributed by atoms with Gasteiger partial charge < -0.3 is 20.1 Å². The summed E-state index contributed by atoms with van der Waals surface area (Å²) in [5.74, 6) is 1.80. The van der Waals surface area contributed by atoms with E-state index in [9.17, 15) is 5.11 Å². The lowest BCUT2D eigenvalue weighted by atomic mass is 10.1. The molecule has 5 nitrogen and oxygen atoms in total. The van der Waals surface area contributed by atoms with Gasteiger partial charge in [0.15, 0.2) is 5.96 Å². The van der Waals surface area contributed by atoms with Gasteiger partial charge in [-0.15, -0.1) is 0 Å². The Hall–Kier alpha value is -2.53. The van der Waals surface area contributed by atoms with Crippen LogP contribution in [-0.4, -0.2) is 48.2 Å². The van der Waals surface area contributed by atoms with E-state index in [1.807, 2.05) is 61.5 Å². The number of nitrogens with zero attached hydrogens (tertiary/aromatic N) is 2. The fraction of sp³-hybridized carbons (Fsp3) is 0.435. The minimum Gasteiger partial charge on any atom is -0.490 e. The summed E-state index contributed by atoms with van der Waals surface area (Å²) < 4.78 is 6.08. The molecule has 0 bridgehead atoms. The number of aliphatic hydroxyl groups excluding tert-OH is 1. The minimum atomic E-state index is -0.590. The molecule has 1 unspecified atom stereocenters. The van der Waals surface area contributed by atoms with Crippen LogP contribution < -0.4 is 10.1 Å². The zero-order valence-electron chi connectivity index (χ0n) is 16.8. The number of benzene rings is 2. The van der Waals surface area contributed by atoms with Crippen molar-refractivity contribution in [3.8, 4) is 5.75 Å². The number of hydrogen-bond donors (Lipinski definition) is 2. The fourth-order valence-electron chi connectivity index (χ4n) is 3.37. The van der Waals surface area contributed by atoms with Crippen LogP contribution in [0.2, 0.25) is 0 Å². The Bertz CT molecular complexity index is 738. The molecule has 0 amide bonds. The van der Waals surface area contributed by atoms with Gasteiger partial charge in [0.1, 0.15) is 11.9 Å². The van der Waals surface area contributed by atoms with Crippen LogP contribution in [0.1, 0.15) is 37.0 Å². The van der Waals surface area contributed by atoms with Crippen molar-refractivity contribution < 1.29 is 9.84 Å². The van der Waals surface area contributed by atoms with Crippen LogP contribution in [0, 0.1) is 6.92 Å². The summed E-state index contributed by atoms with van der Waals surface area (Å²) in [6, 6.07) is 18.0. The first kappa shape index (κ1) is 20.2. The molecule has 2 aromatic rings. The average Bonchev–Trinajstić information content (AvgIpc) is 2.73. The van der Waals surface area contributed by atoms with Crippen LogP contribution in [0.4, 0.5) is 0 Å². The highest BCUT2D eigenvalue weighted by Crippen LogP contribution is 2.19. The lowest BCUT2D eigenvalue weighted by molar-refractivity contribution is 0.129. The second kappa shape index (κ2) is 10.1. The number of aryl methyl sites for hydroxylation is 1. The summed E-state index contributed by atoms with van der Waals surface area (Å²) in [6.45, 7) is 7.06. The van der Waals surface area contributed by atoms with E-state index >= 15 is 0 Å². The summed E-state index contributed by atoms with van der Waals surface area (Å²) in [7, 11) is 0. The number of ether oxygens (including phenoxy) is 1. The van der Waals surface area contributed by atoms with Crippen molar-refractivity contribution >= 4 is 5.96 Å². The first-order valence-electron chi connectivity index (χ1n) is 10.2. The van der Waals surface area contributed by atoms with Crippen molar-refractivity contribution in [2.45, 2.75) is 38.9 Å². The van der Waals surface area contributed by atoms with Gasteiger partial charge in [-0.2, -0.15) is 0 Å². The highest BCUT2D eigenvalue weighted by atomic mass is 16.5. The molecule has 0 radical (unpaired) electrons. The Morgan fingerprint density at radius 3 is 2.46 bits per heavy atom. The predicted molar refractivity (Wildman–Crippen MR) is 114 cm³/mol. The van der Waals surface area contributed by atoms with E-state index in [1.165, 1.54) is 5.56 Å². The molecule has 1 aliphatic heterocycles. The van der Waals surface area contributed by atoms with Gasteiger partial charge in [-0.1, -0.05) is 48.0 Å². The minimum absolute atomic E-state index is 0.236. The van der Waals surface area contributed by atoms with Gasteiger partial charge in [-0.25, -0.2) is 0 Å². The van der Waals surface area contributed by atoms with Crippen molar-refractivity contribution in [3.63, 3.8) is 0 Å². The van der Waals surface area contributed by atoms with Gasteiger partial charge in [-0.05, 0) is 31.5 Å². The van der Waals surface area contributed by atoms with E-state index in [1.54, 1.807) is 0 Å². The number of rotatable bonds is 6. The van der Waals surface area contributed by atoms with Crippen LogP contribution >= 0.6 is 0 Å². The van der Waals surface area contributed by atoms with Gasteiger partial charge in [0.25, 0.3) is 0 Å². The molecule has 2 N–H and O–H groups in total. The number of guanidine groups is 1. The summed E-state index contributed by atoms with van der Waals surface area (Å²) >= 11 is 0. The largest absolute Gasteiger partial charge is 0.490 e. The van der Waals surface area contributed by atoms with Gasteiger partial charge in [0.05, 0.1) is 12.6 Å². The monoisotopic (exact) mass is 381 g/mol. The number of hydrogen-bond acceptors (Lipinski definition) is 3. The molecular formula is C23H31N3O2. The molecule has 28 heavy (non-hydrogen) atoms. The van der Waals surface area contributed by atoms with Crippen LogP contribution in [0.5, 0.6) is 5.75 Å². The molecule has 1 heterocycles. The highest BCUT2D eigenvalue weighted by molar-refractivity contribution is 5.80. The zero-order chi connectivity index (χ0) is 19.8. The Balaban J connectivity index is 1.55. The molecule has 2 aromatic carbocycles. The molecule has 0 saturated carbocycles. The average molecular weight is 382 g/mol. The second-order valence-corrected chi connectivity index (χ2v) is 7.24. The number of para-hydroxylation sites is 1. The van der Waals surface area contributed by atoms with Crippen LogP contribution in [0.25, 0.3) is 0 Å². The Morgan fingerprint density at radius 1 is 1.14 bits per heavy atom. The second-order valence-electron chi connectivity index (χ2n) is 7.24. The van der Waals surface area contributed by atoms with Gasteiger partial charge >= 0.3 is 0 Å². The molecule has 0 aromatic heterocycles. The molecule has 1 aliphatic rings. The third kappa shape index (κ3) is 5.73. The standard InChI is InChI=1S/C23H31N3O2/c1-3-24-23(25-17-22(27)19-11-9-18(2)10-12-19)26-15-13-21(14-16-26)28-20-7-5-4-6-8-20/h4-12,21-22,27H,3,13-17H2,1-2H3,(H,24,25). The molecule has 150 valence electrons. The molecule has 0 aliphatic carbocycles. The first-order valence-corrected chi connectivity index (χ1v) is 10.2. The fourth-order valence-corrected chi connectivity index (χ4v) is 3.37. The number of aliphatic hydroxyl groups is 1. The first-order chi connectivity index (χ1) is 13.7. The molecule has 3 rings (SSSR count). The summed E-state index contributed by atoms with van der Waals surface area (Å²) in [5, 5.41) is 13.8. The lowest BCUT2D eigenvalue weighted by Gasteiger charge is -2.34. The third-order valence-electron chi connectivity index (χ3n) is 5.00. The van der Waals surface area contributed by atoms with E-state index in [0.717, 1.165) is 49.7 Å². The zero-order valence-corrected chi connectivity index (χ0v) is 16.8. The normalized spacial score (nSPS) is 16.7. The van der Waals surface area contributed by atoms with Crippen molar-refractivity contribution in [2.24, 2.45) is 4.99 Å². The molecule has 1 saturated heterocycles. The molecule has 5 heteroatoms. The lowest BCUT2D eigenvalue weighted by Crippen LogP contribution is -2.47. The number of piperidine rings is 1. The molecular weight excluding hydrogens is 350 g/mol. The topological polar surface area (TPSA) is 57.1 Å². The number of nitrogens with one attached hydrogen (secondary N) is 1. The van der Waals surface area contributed by atoms with Crippen LogP contribution in [0.3, 0.4) is 0 Å². The van der Waals surface area contributed by atoms with E-state index in [-0.39, 0.29) is 6.10 Å². The smallest absolute Gasteiger partial charge is 0.194 e. The Kier molecular flexibility index (Phi) is 7.31. The van der Waals surface area contributed by atoms with Crippen molar-refractivity contribution in [3.05, 3.63) is 65.7 Å². The summed E-state index contributed by atoms with van der Waals surface area (Å²) in [6.07, 6.45) is 1.56. The van der Waals surface area contributed by atoms with E-state index in [4.69, 9.17) is 4.74 Å². The highest BCUT2D eigenvalue weighted by Gasteiger charge is 2.23. The van der Waals surface area contributed by atoms with Gasteiger partial charge in [0.2, 0.25) is 0 Å². The van der Waals surface area contributed by atoms with E-state index in [2.05, 4.69) is 22.1 Å². The SMILES string of the molecule is CCNC(=NCC(O)c1ccc(C)cc1)N1CCC(Oc2ccccc2)CC1. The van der Waals surface area contributed by atoms with Crippen LogP contribution in [0.15, 0.2) is 59.6 Å². The van der Waals surface area contributed by atoms with Crippen LogP contribution in [-0.2, 0) is 0 Å². The molecule has 1 fully saturated rings. The molecule has 0 spiro atoms. The van der Waals surface area contributed by atoms with E-state index < -0.39 is 6.10 Å². The van der Waals surface area contributed by atoms with Gasteiger partial charge in [0, 0.05) is 32.5 Å². The molecule has 1 atom stereocenters. The maximum atomic E-state index is 10.5. The van der Waals surface area contributed by atoms with Crippen molar-refractivity contribution in [1.29, 1.82) is 0 Å². The van der Waals surface area contributed by atoms with Gasteiger partial charge in [-0.3, -0.25) is 4.99 Å². The van der Waals surface area contributed by atoms with E-state index in [0.29, 0.717) is 6.54 Å². The number of aliphatic imine (C=N–C) groups is 1. The van der Waals surface area contributed by atoms with Crippen molar-refractivity contribution in [2.75, 3.05) is 26.2 Å². The quantitative estimate of drug-likeness (QED) is 0.594. The third-order valence-corrected chi connectivity index (χ3v) is 5.00. The maximum Gasteiger partial charge on any atom is 0.194 e. The number of likely N-dealkylation sites (tertiary alicyclic amines) is 1. The maximum absolute atomic E-state index is 10.5. The Labute approximate surface area is 168 Å². The summed E-state index contributed by atoms with van der Waals surface area (Å²) in [5.41, 5.74) is 2.09. The Morgan fingerprint density at radius 2 is 1.82 bits per heavy atom. The summed E-state index contributed by atoms with van der Waals surface area (Å²) in [4.78, 5) is 6.95. The predicted octanol–water partition coefficient (Wildman–Crippen LogP) is 3.54.